The number of Topliss-reactive ketones (excluding diaryl/α,β-unsaturated/α-hetero) is 1. The minimum atomic E-state index is 0.123. The van der Waals surface area contributed by atoms with Gasteiger partial charge in [0.2, 0.25) is 0 Å². The molecule has 1 heterocycles. The van der Waals surface area contributed by atoms with E-state index in [1.54, 1.807) is 11.8 Å². The predicted molar refractivity (Wildman–Crippen MR) is 64.6 cm³/mol. The highest BCUT2D eigenvalue weighted by Crippen LogP contribution is 2.24. The number of ketones is 1. The van der Waals surface area contributed by atoms with Crippen molar-refractivity contribution >= 4 is 17.5 Å². The van der Waals surface area contributed by atoms with Crippen molar-refractivity contribution in [3.8, 4) is 0 Å². The highest BCUT2D eigenvalue weighted by Gasteiger charge is 2.25. The summed E-state index contributed by atoms with van der Waals surface area (Å²) in [4.78, 5) is 12.1. The van der Waals surface area contributed by atoms with Crippen molar-refractivity contribution in [1.29, 1.82) is 0 Å². The first-order chi connectivity index (χ1) is 7.31. The normalized spacial score (nSPS) is 29.8. The molecule has 0 saturated heterocycles. The van der Waals surface area contributed by atoms with Gasteiger partial charge in [0, 0.05) is 5.92 Å². The van der Waals surface area contributed by atoms with E-state index in [4.69, 9.17) is 0 Å². The van der Waals surface area contributed by atoms with Crippen LogP contribution >= 0.6 is 11.8 Å². The number of hydrogen-bond acceptors (Lipinski definition) is 3. The van der Waals surface area contributed by atoms with Gasteiger partial charge < -0.3 is 5.32 Å². The fourth-order valence-corrected chi connectivity index (χ4v) is 2.61. The van der Waals surface area contributed by atoms with Crippen molar-refractivity contribution in [3.05, 3.63) is 23.9 Å². The Hall–Kier alpha value is -0.700. The van der Waals surface area contributed by atoms with Crippen molar-refractivity contribution in [3.63, 3.8) is 0 Å². The second kappa shape index (κ2) is 4.88. The molecule has 0 bridgehead atoms. The predicted octanol–water partition coefficient (Wildman–Crippen LogP) is 2.48. The van der Waals surface area contributed by atoms with Crippen LogP contribution in [0.25, 0.3) is 0 Å². The Kier molecular flexibility index (Phi) is 3.52. The third-order valence-electron chi connectivity index (χ3n) is 2.99. The smallest absolute Gasteiger partial charge is 0.185 e. The zero-order valence-electron chi connectivity index (χ0n) is 9.03. The van der Waals surface area contributed by atoms with Gasteiger partial charge in [-0.05, 0) is 31.9 Å². The number of carbonyl (C=O) groups excluding carboxylic acids is 1. The van der Waals surface area contributed by atoms with E-state index in [9.17, 15) is 4.79 Å². The second-order valence-corrected chi connectivity index (χ2v) is 5.09. The lowest BCUT2D eigenvalue weighted by Crippen LogP contribution is -2.27. The van der Waals surface area contributed by atoms with Crippen molar-refractivity contribution in [1.82, 2.24) is 5.32 Å². The van der Waals surface area contributed by atoms with Crippen LogP contribution in [0.2, 0.25) is 0 Å². The maximum atomic E-state index is 12.1. The Morgan fingerprint density at radius 2 is 2.47 bits per heavy atom. The molecule has 0 radical (unpaired) electrons. The molecule has 0 fully saturated rings. The van der Waals surface area contributed by atoms with E-state index in [0.717, 1.165) is 31.4 Å². The van der Waals surface area contributed by atoms with Crippen LogP contribution < -0.4 is 5.32 Å². The Bertz CT molecular complexity index is 309. The molecule has 1 N–H and O–H groups in total. The molecule has 0 amide bonds. The Morgan fingerprint density at radius 1 is 1.60 bits per heavy atom. The first kappa shape index (κ1) is 10.8. The van der Waals surface area contributed by atoms with E-state index in [1.165, 1.54) is 0 Å². The molecule has 2 unspecified atom stereocenters. The van der Waals surface area contributed by atoms with E-state index in [0.29, 0.717) is 5.37 Å². The van der Waals surface area contributed by atoms with Gasteiger partial charge in [0.25, 0.3) is 0 Å². The molecule has 0 aromatic rings. The number of carbonyl (C=O) groups is 1. The van der Waals surface area contributed by atoms with Crippen LogP contribution in [0.15, 0.2) is 23.9 Å². The summed E-state index contributed by atoms with van der Waals surface area (Å²) >= 11 is 1.77. The second-order valence-electron chi connectivity index (χ2n) is 4.05. The number of allylic oxidation sites excluding steroid dienone is 3. The van der Waals surface area contributed by atoms with Crippen LogP contribution in [0.4, 0.5) is 0 Å². The molecule has 3 heteroatoms. The maximum absolute atomic E-state index is 12.1. The van der Waals surface area contributed by atoms with Crippen LogP contribution in [0, 0.1) is 5.92 Å². The molecule has 1 aliphatic carbocycles. The number of thioether (sulfide) groups is 1. The van der Waals surface area contributed by atoms with Gasteiger partial charge in [-0.1, -0.05) is 18.2 Å². The molecule has 2 nitrogen and oxygen atoms in total. The Labute approximate surface area is 95.2 Å². The average Bonchev–Trinajstić information content (AvgIpc) is 2.78. The summed E-state index contributed by atoms with van der Waals surface area (Å²) in [5.41, 5.74) is 0.839. The van der Waals surface area contributed by atoms with E-state index < -0.39 is 0 Å². The SMILES string of the molecule is CSC1CC=C(C(=O)C2C=CCCC2)N1. The number of nitrogens with one attached hydrogen (secondary N) is 1. The quantitative estimate of drug-likeness (QED) is 0.745. The molecule has 0 spiro atoms. The van der Waals surface area contributed by atoms with Crippen LogP contribution in [-0.2, 0) is 4.79 Å². The van der Waals surface area contributed by atoms with Gasteiger partial charge >= 0.3 is 0 Å². The van der Waals surface area contributed by atoms with Gasteiger partial charge in [0.1, 0.15) is 0 Å². The highest BCUT2D eigenvalue weighted by atomic mass is 32.2. The molecule has 82 valence electrons. The molecule has 2 aliphatic rings. The minimum Gasteiger partial charge on any atom is -0.370 e. The van der Waals surface area contributed by atoms with Crippen molar-refractivity contribution in [2.24, 2.45) is 5.92 Å². The number of hydrogen-bond donors (Lipinski definition) is 1. The highest BCUT2D eigenvalue weighted by molar-refractivity contribution is 7.99. The number of rotatable bonds is 3. The van der Waals surface area contributed by atoms with Crippen LogP contribution in [-0.4, -0.2) is 17.4 Å². The molecule has 0 aromatic heterocycles. The fraction of sp³-hybridized carbons (Fsp3) is 0.583. The van der Waals surface area contributed by atoms with Crippen molar-refractivity contribution < 1.29 is 4.79 Å². The lowest BCUT2D eigenvalue weighted by atomic mass is 9.91. The van der Waals surface area contributed by atoms with Crippen LogP contribution in [0.1, 0.15) is 25.7 Å². The molecule has 2 atom stereocenters. The molecule has 15 heavy (non-hydrogen) atoms. The Morgan fingerprint density at radius 3 is 3.07 bits per heavy atom. The fourth-order valence-electron chi connectivity index (χ4n) is 2.07. The summed E-state index contributed by atoms with van der Waals surface area (Å²) in [7, 11) is 0. The van der Waals surface area contributed by atoms with E-state index in [-0.39, 0.29) is 11.7 Å². The molecule has 0 saturated carbocycles. The van der Waals surface area contributed by atoms with Crippen molar-refractivity contribution in [2.45, 2.75) is 31.1 Å². The van der Waals surface area contributed by atoms with Crippen LogP contribution in [0.3, 0.4) is 0 Å². The molecular weight excluding hydrogens is 206 g/mol. The van der Waals surface area contributed by atoms with Gasteiger partial charge in [-0.2, -0.15) is 0 Å². The largest absolute Gasteiger partial charge is 0.370 e. The maximum Gasteiger partial charge on any atom is 0.185 e. The third kappa shape index (κ3) is 2.46. The zero-order chi connectivity index (χ0) is 10.7. The van der Waals surface area contributed by atoms with Gasteiger partial charge in [0.15, 0.2) is 5.78 Å². The molecule has 1 aliphatic heterocycles. The van der Waals surface area contributed by atoms with Gasteiger partial charge in [-0.15, -0.1) is 11.8 Å². The lowest BCUT2D eigenvalue weighted by molar-refractivity contribution is -0.118. The summed E-state index contributed by atoms with van der Waals surface area (Å²) in [6.07, 6.45) is 12.6. The zero-order valence-corrected chi connectivity index (χ0v) is 9.85. The lowest BCUT2D eigenvalue weighted by Gasteiger charge is -2.17. The Balaban J connectivity index is 1.96. The standard InChI is InChI=1S/C12H17NOS/c1-15-11-8-7-10(13-11)12(14)9-5-3-2-4-6-9/h3,5,7,9,11,13H,2,4,6,8H2,1H3. The summed E-state index contributed by atoms with van der Waals surface area (Å²) in [6.45, 7) is 0. The molecule has 0 aromatic carbocycles. The van der Waals surface area contributed by atoms with Gasteiger partial charge in [-0.3, -0.25) is 4.79 Å². The molecule has 2 rings (SSSR count). The van der Waals surface area contributed by atoms with Crippen LogP contribution in [0.5, 0.6) is 0 Å². The third-order valence-corrected chi connectivity index (χ3v) is 3.87. The van der Waals surface area contributed by atoms with Gasteiger partial charge in [-0.25, -0.2) is 0 Å². The first-order valence-electron chi connectivity index (χ1n) is 5.51. The van der Waals surface area contributed by atoms with Gasteiger partial charge in [0.05, 0.1) is 11.1 Å². The topological polar surface area (TPSA) is 29.1 Å². The van der Waals surface area contributed by atoms with E-state index in [1.807, 2.05) is 6.08 Å². The molecular formula is C12H17NOS. The first-order valence-corrected chi connectivity index (χ1v) is 6.80. The van der Waals surface area contributed by atoms with E-state index >= 15 is 0 Å². The summed E-state index contributed by atoms with van der Waals surface area (Å²) in [5, 5.41) is 3.68. The summed E-state index contributed by atoms with van der Waals surface area (Å²) in [6, 6.07) is 0. The van der Waals surface area contributed by atoms with E-state index in [2.05, 4.69) is 23.7 Å². The summed E-state index contributed by atoms with van der Waals surface area (Å²) < 4.78 is 0. The minimum absolute atomic E-state index is 0.123. The average molecular weight is 223 g/mol. The summed E-state index contributed by atoms with van der Waals surface area (Å²) in [5.74, 6) is 0.403. The van der Waals surface area contributed by atoms with Crippen molar-refractivity contribution in [2.75, 3.05) is 6.26 Å². The monoisotopic (exact) mass is 223 g/mol.